The number of rotatable bonds is 13. The Morgan fingerprint density at radius 1 is 1.02 bits per heavy atom. The Morgan fingerprint density at radius 3 is 2.62 bits per heavy atom. The minimum absolute atomic E-state index is 0.0119. The number of carbonyl (C=O) groups excluding carboxylic acids is 5. The summed E-state index contributed by atoms with van der Waals surface area (Å²) >= 11 is 1.23. The van der Waals surface area contributed by atoms with Crippen LogP contribution >= 0.6 is 11.3 Å². The Morgan fingerprint density at radius 2 is 1.85 bits per heavy atom. The molecule has 1 aliphatic rings. The molecule has 0 aliphatic carbocycles. The van der Waals surface area contributed by atoms with Crippen LogP contribution in [0.3, 0.4) is 0 Å². The first-order chi connectivity index (χ1) is 22.9. The Kier molecular flexibility index (Phi) is 9.11. The van der Waals surface area contributed by atoms with Gasteiger partial charge in [0.2, 0.25) is 11.8 Å². The first-order valence-corrected chi connectivity index (χ1v) is 15.6. The molecule has 47 heavy (non-hydrogen) atoms. The maximum absolute atomic E-state index is 13.4. The number of carbonyl (C=O) groups is 5. The van der Waals surface area contributed by atoms with E-state index < -0.39 is 29.8 Å². The SMILES string of the molecule is CNC(=O)C(CCC=O)N1C(=O)c2cccc(NCc3nnc(CC(=O)NC(c4cccnc4)c4cc5ccccc5o4)s3)c2C1=O. The molecule has 0 bridgehead atoms. The largest absolute Gasteiger partial charge is 0.459 e. The Labute approximate surface area is 272 Å². The summed E-state index contributed by atoms with van der Waals surface area (Å²) < 4.78 is 6.06. The third-order valence-corrected chi connectivity index (χ3v) is 8.59. The van der Waals surface area contributed by atoms with Gasteiger partial charge < -0.3 is 25.2 Å². The highest BCUT2D eigenvalue weighted by Gasteiger charge is 2.43. The molecule has 0 saturated carbocycles. The van der Waals surface area contributed by atoms with E-state index in [0.717, 1.165) is 15.8 Å². The molecule has 0 fully saturated rings. The number of aromatic nitrogens is 3. The molecule has 0 spiro atoms. The van der Waals surface area contributed by atoms with Crippen LogP contribution in [0.4, 0.5) is 5.69 Å². The number of anilines is 1. The molecule has 14 heteroatoms. The summed E-state index contributed by atoms with van der Waals surface area (Å²) in [6, 6.07) is 16.3. The summed E-state index contributed by atoms with van der Waals surface area (Å²) in [6.07, 6.45) is 3.97. The van der Waals surface area contributed by atoms with E-state index in [9.17, 15) is 24.0 Å². The van der Waals surface area contributed by atoms with Crippen LogP contribution in [-0.2, 0) is 27.3 Å². The van der Waals surface area contributed by atoms with Crippen molar-refractivity contribution in [1.82, 2.24) is 30.7 Å². The van der Waals surface area contributed by atoms with Gasteiger partial charge in [-0.1, -0.05) is 41.7 Å². The van der Waals surface area contributed by atoms with Gasteiger partial charge in [0.15, 0.2) is 0 Å². The zero-order valence-electron chi connectivity index (χ0n) is 25.1. The summed E-state index contributed by atoms with van der Waals surface area (Å²) in [4.78, 5) is 68.5. The van der Waals surface area contributed by atoms with E-state index in [-0.39, 0.29) is 42.8 Å². The number of furan rings is 1. The van der Waals surface area contributed by atoms with E-state index in [2.05, 4.69) is 31.1 Å². The molecule has 4 heterocycles. The second kappa shape index (κ2) is 13.7. The number of hydrogen-bond acceptors (Lipinski definition) is 11. The Bertz CT molecular complexity index is 1940. The smallest absolute Gasteiger partial charge is 0.264 e. The van der Waals surface area contributed by atoms with Crippen LogP contribution in [0.2, 0.25) is 0 Å². The van der Waals surface area contributed by atoms with Crippen molar-refractivity contribution >= 4 is 57.9 Å². The number of amides is 4. The number of imide groups is 1. The van der Waals surface area contributed by atoms with Gasteiger partial charge in [0, 0.05) is 42.5 Å². The Hall–Kier alpha value is -5.76. The molecule has 0 radical (unpaired) electrons. The lowest BCUT2D eigenvalue weighted by atomic mass is 10.1. The maximum Gasteiger partial charge on any atom is 0.264 e. The van der Waals surface area contributed by atoms with Crippen LogP contribution < -0.4 is 16.0 Å². The van der Waals surface area contributed by atoms with Gasteiger partial charge >= 0.3 is 0 Å². The predicted molar refractivity (Wildman–Crippen MR) is 171 cm³/mol. The molecule has 2 unspecified atom stereocenters. The van der Waals surface area contributed by atoms with Crippen molar-refractivity contribution in [3.63, 3.8) is 0 Å². The Balaban J connectivity index is 1.13. The minimum atomic E-state index is -1.12. The number of fused-ring (bicyclic) bond motifs is 2. The molecular weight excluding hydrogens is 622 g/mol. The lowest BCUT2D eigenvalue weighted by Crippen LogP contribution is -2.48. The topological polar surface area (TPSA) is 176 Å². The molecule has 2 atom stereocenters. The van der Waals surface area contributed by atoms with Gasteiger partial charge in [0.25, 0.3) is 11.8 Å². The van der Waals surface area contributed by atoms with E-state index in [0.29, 0.717) is 33.3 Å². The molecule has 13 nitrogen and oxygen atoms in total. The fraction of sp³-hybridized carbons (Fsp3) is 0.212. The molecule has 2 aromatic carbocycles. The second-order valence-corrected chi connectivity index (χ2v) is 11.8. The quantitative estimate of drug-likeness (QED) is 0.126. The van der Waals surface area contributed by atoms with E-state index in [1.807, 2.05) is 36.4 Å². The summed E-state index contributed by atoms with van der Waals surface area (Å²) in [5.74, 6) is -1.49. The highest BCUT2D eigenvalue weighted by Crippen LogP contribution is 2.32. The fourth-order valence-corrected chi connectivity index (χ4v) is 6.25. The predicted octanol–water partition coefficient (Wildman–Crippen LogP) is 3.43. The van der Waals surface area contributed by atoms with E-state index in [1.165, 1.54) is 24.5 Å². The van der Waals surface area contributed by atoms with Gasteiger partial charge in [-0.25, -0.2) is 0 Å². The monoisotopic (exact) mass is 651 g/mol. The van der Waals surface area contributed by atoms with Gasteiger partial charge in [-0.15, -0.1) is 10.2 Å². The van der Waals surface area contributed by atoms with Crippen LogP contribution in [-0.4, -0.2) is 63.1 Å². The van der Waals surface area contributed by atoms with E-state index in [1.54, 1.807) is 30.6 Å². The number of aldehydes is 1. The third kappa shape index (κ3) is 6.49. The fourth-order valence-electron chi connectivity index (χ4n) is 5.47. The van der Waals surface area contributed by atoms with Crippen molar-refractivity contribution in [2.24, 2.45) is 0 Å². The van der Waals surface area contributed by atoms with Gasteiger partial charge in [0.05, 0.1) is 24.1 Å². The van der Waals surface area contributed by atoms with E-state index in [4.69, 9.17) is 4.42 Å². The summed E-state index contributed by atoms with van der Waals surface area (Å²) in [7, 11) is 1.40. The summed E-state index contributed by atoms with van der Waals surface area (Å²) in [5, 5.41) is 19.0. The first kappa shape index (κ1) is 31.2. The van der Waals surface area contributed by atoms with Crippen LogP contribution in [0.1, 0.15) is 60.9 Å². The maximum atomic E-state index is 13.4. The minimum Gasteiger partial charge on any atom is -0.459 e. The molecule has 4 amide bonds. The van der Waals surface area contributed by atoms with Crippen molar-refractivity contribution in [2.75, 3.05) is 12.4 Å². The second-order valence-electron chi connectivity index (χ2n) is 10.7. The van der Waals surface area contributed by atoms with Crippen molar-refractivity contribution < 1.29 is 28.4 Å². The number of benzene rings is 2. The number of pyridine rings is 1. The summed E-state index contributed by atoms with van der Waals surface area (Å²) in [6.45, 7) is 0.165. The highest BCUT2D eigenvalue weighted by atomic mass is 32.1. The number of likely N-dealkylation sites (N-methyl/N-ethyl adjacent to an activating group) is 1. The lowest BCUT2D eigenvalue weighted by Gasteiger charge is -2.24. The van der Waals surface area contributed by atoms with Gasteiger partial charge in [0.1, 0.15) is 39.7 Å². The number of para-hydroxylation sites is 1. The number of hydrogen-bond donors (Lipinski definition) is 3. The highest BCUT2D eigenvalue weighted by molar-refractivity contribution is 7.11. The lowest BCUT2D eigenvalue weighted by molar-refractivity contribution is -0.125. The van der Waals surface area contributed by atoms with Crippen LogP contribution in [0.25, 0.3) is 11.0 Å². The van der Waals surface area contributed by atoms with E-state index >= 15 is 0 Å². The van der Waals surface area contributed by atoms with Crippen molar-refractivity contribution in [2.45, 2.75) is 37.9 Å². The average molecular weight is 652 g/mol. The summed E-state index contributed by atoms with van der Waals surface area (Å²) in [5.41, 5.74) is 2.14. The van der Waals surface area contributed by atoms with Crippen LogP contribution in [0.15, 0.2) is 77.5 Å². The molecule has 3 aromatic heterocycles. The van der Waals surface area contributed by atoms with Gasteiger partial charge in [-0.2, -0.15) is 0 Å². The zero-order chi connectivity index (χ0) is 32.9. The van der Waals surface area contributed by atoms with Crippen molar-refractivity contribution in [3.8, 4) is 0 Å². The molecular formula is C33H29N7O6S. The van der Waals surface area contributed by atoms with Crippen molar-refractivity contribution in [3.05, 3.63) is 106 Å². The molecule has 238 valence electrons. The average Bonchev–Trinajstić information content (AvgIpc) is 3.80. The number of nitrogens with one attached hydrogen (secondary N) is 3. The normalized spacial score (nSPS) is 13.7. The first-order valence-electron chi connectivity index (χ1n) is 14.8. The van der Waals surface area contributed by atoms with Crippen molar-refractivity contribution in [1.29, 1.82) is 0 Å². The van der Waals surface area contributed by atoms with Gasteiger partial charge in [-0.05, 0) is 36.8 Å². The zero-order valence-corrected chi connectivity index (χ0v) is 26.0. The molecule has 3 N–H and O–H groups in total. The van der Waals surface area contributed by atoms with Crippen LogP contribution in [0, 0.1) is 0 Å². The molecule has 0 saturated heterocycles. The van der Waals surface area contributed by atoms with Gasteiger partial charge in [-0.3, -0.25) is 29.1 Å². The molecule has 6 rings (SSSR count). The third-order valence-electron chi connectivity index (χ3n) is 7.67. The standard InChI is InChI=1S/C33H29N7O6S/c1-34-31(43)23(11-6-14-41)40-32(44)21-9-4-10-22(29(21)33(40)45)36-18-28-39-38-27(47-28)16-26(42)37-30(20-8-5-13-35-17-20)25-15-19-7-2-3-12-24(19)46-25/h2-5,7-10,12-15,17,23,30,36H,6,11,16,18H2,1H3,(H,34,43)(H,37,42). The number of nitrogens with zero attached hydrogens (tertiary/aromatic N) is 4. The molecule has 5 aromatic rings. The van der Waals surface area contributed by atoms with Crippen LogP contribution in [0.5, 0.6) is 0 Å². The molecule has 1 aliphatic heterocycles.